The Hall–Kier alpha value is -1.84. The van der Waals surface area contributed by atoms with E-state index in [1.165, 1.54) is 19.8 Å². The van der Waals surface area contributed by atoms with Crippen LogP contribution in [-0.4, -0.2) is 24.3 Å². The first-order valence-electron chi connectivity index (χ1n) is 7.57. The summed E-state index contributed by atoms with van der Waals surface area (Å²) in [7, 11) is 0. The second kappa shape index (κ2) is 7.25. The molecule has 0 atom stereocenters. The maximum absolute atomic E-state index is 11.9. The minimum absolute atomic E-state index is 0.00654. The van der Waals surface area contributed by atoms with E-state index < -0.39 is 0 Å². The molecule has 0 spiro atoms. The molecule has 0 bridgehead atoms. The maximum Gasteiger partial charge on any atom is 0.258 e. The molecular weight excluding hydrogens is 266 g/mol. The van der Waals surface area contributed by atoms with E-state index in [0.717, 1.165) is 18.8 Å². The quantitative estimate of drug-likeness (QED) is 0.848. The molecule has 1 saturated carbocycles. The summed E-state index contributed by atoms with van der Waals surface area (Å²) in [6.07, 6.45) is 4.44. The number of nitrogens with one attached hydrogen (secondary N) is 1. The Balaban J connectivity index is 1.78. The van der Waals surface area contributed by atoms with Crippen molar-refractivity contribution in [3.05, 3.63) is 29.8 Å². The first-order chi connectivity index (χ1) is 10.0. The zero-order chi connectivity index (χ0) is 15.2. The lowest BCUT2D eigenvalue weighted by molar-refractivity contribution is -0.124. The first kappa shape index (κ1) is 15.5. The van der Waals surface area contributed by atoms with Crippen LogP contribution in [0.1, 0.15) is 49.9 Å². The van der Waals surface area contributed by atoms with Crippen molar-refractivity contribution in [1.82, 2.24) is 5.32 Å². The SMILES string of the molecule is CC(=O)c1cccc(OCC(=O)NC2CCC(C)CC2)c1. The van der Waals surface area contributed by atoms with Crippen LogP contribution in [0, 0.1) is 5.92 Å². The van der Waals surface area contributed by atoms with Crippen LogP contribution in [0.4, 0.5) is 0 Å². The van der Waals surface area contributed by atoms with Crippen molar-refractivity contribution in [2.75, 3.05) is 6.61 Å². The van der Waals surface area contributed by atoms with Gasteiger partial charge < -0.3 is 10.1 Å². The predicted molar refractivity (Wildman–Crippen MR) is 81.5 cm³/mol. The van der Waals surface area contributed by atoms with Crippen LogP contribution in [0.3, 0.4) is 0 Å². The fraction of sp³-hybridized carbons (Fsp3) is 0.529. The van der Waals surface area contributed by atoms with E-state index in [1.54, 1.807) is 24.3 Å². The molecule has 1 fully saturated rings. The Labute approximate surface area is 125 Å². The van der Waals surface area contributed by atoms with Gasteiger partial charge in [-0.3, -0.25) is 9.59 Å². The number of ether oxygens (including phenoxy) is 1. The zero-order valence-corrected chi connectivity index (χ0v) is 12.7. The molecule has 0 heterocycles. The summed E-state index contributed by atoms with van der Waals surface area (Å²) in [4.78, 5) is 23.2. The average molecular weight is 289 g/mol. The normalized spacial score (nSPS) is 21.6. The summed E-state index contributed by atoms with van der Waals surface area (Å²) < 4.78 is 5.46. The minimum Gasteiger partial charge on any atom is -0.484 e. The first-order valence-corrected chi connectivity index (χ1v) is 7.57. The highest BCUT2D eigenvalue weighted by atomic mass is 16.5. The molecule has 1 aliphatic carbocycles. The second-order valence-electron chi connectivity index (χ2n) is 5.90. The van der Waals surface area contributed by atoms with Crippen LogP contribution in [0.5, 0.6) is 5.75 Å². The van der Waals surface area contributed by atoms with Crippen LogP contribution in [0.2, 0.25) is 0 Å². The fourth-order valence-corrected chi connectivity index (χ4v) is 2.63. The van der Waals surface area contributed by atoms with Crippen molar-refractivity contribution in [3.8, 4) is 5.75 Å². The molecule has 21 heavy (non-hydrogen) atoms. The van der Waals surface area contributed by atoms with Crippen molar-refractivity contribution < 1.29 is 14.3 Å². The van der Waals surface area contributed by atoms with Gasteiger partial charge in [-0.05, 0) is 50.7 Å². The number of ketones is 1. The Kier molecular flexibility index (Phi) is 5.37. The molecule has 0 aliphatic heterocycles. The number of hydrogen-bond donors (Lipinski definition) is 1. The minimum atomic E-state index is -0.0946. The fourth-order valence-electron chi connectivity index (χ4n) is 2.63. The van der Waals surface area contributed by atoms with E-state index in [9.17, 15) is 9.59 Å². The van der Waals surface area contributed by atoms with Crippen molar-refractivity contribution in [2.24, 2.45) is 5.92 Å². The molecule has 4 heteroatoms. The van der Waals surface area contributed by atoms with Gasteiger partial charge in [0.2, 0.25) is 0 Å². The molecule has 0 unspecified atom stereocenters. The topological polar surface area (TPSA) is 55.4 Å². The van der Waals surface area contributed by atoms with E-state index in [-0.39, 0.29) is 24.3 Å². The highest BCUT2D eigenvalue weighted by molar-refractivity contribution is 5.94. The van der Waals surface area contributed by atoms with Gasteiger partial charge in [-0.25, -0.2) is 0 Å². The summed E-state index contributed by atoms with van der Waals surface area (Å²) in [6.45, 7) is 3.76. The highest BCUT2D eigenvalue weighted by Crippen LogP contribution is 2.23. The summed E-state index contributed by atoms with van der Waals surface area (Å²) in [6, 6.07) is 7.19. The van der Waals surface area contributed by atoms with Gasteiger partial charge in [0.05, 0.1) is 0 Å². The number of amides is 1. The van der Waals surface area contributed by atoms with E-state index in [0.29, 0.717) is 11.3 Å². The number of rotatable bonds is 5. The standard InChI is InChI=1S/C17H23NO3/c1-12-6-8-15(9-7-12)18-17(20)11-21-16-5-3-4-14(10-16)13(2)19/h3-5,10,12,15H,6-9,11H2,1-2H3,(H,18,20). The summed E-state index contributed by atoms with van der Waals surface area (Å²) in [5.74, 6) is 1.21. The van der Waals surface area contributed by atoms with Crippen LogP contribution in [0.15, 0.2) is 24.3 Å². The van der Waals surface area contributed by atoms with Crippen molar-refractivity contribution >= 4 is 11.7 Å². The van der Waals surface area contributed by atoms with E-state index in [2.05, 4.69) is 12.2 Å². The molecular formula is C17H23NO3. The number of carbonyl (C=O) groups excluding carboxylic acids is 2. The lowest BCUT2D eigenvalue weighted by Gasteiger charge is -2.26. The third-order valence-electron chi connectivity index (χ3n) is 3.99. The molecule has 2 rings (SSSR count). The van der Waals surface area contributed by atoms with E-state index in [1.807, 2.05) is 0 Å². The summed E-state index contributed by atoms with van der Waals surface area (Å²) >= 11 is 0. The Morgan fingerprint density at radius 3 is 2.62 bits per heavy atom. The number of Topliss-reactive ketones (excluding diaryl/α,β-unsaturated/α-hetero) is 1. The smallest absolute Gasteiger partial charge is 0.258 e. The molecule has 1 N–H and O–H groups in total. The predicted octanol–water partition coefficient (Wildman–Crippen LogP) is 2.96. The van der Waals surface area contributed by atoms with Gasteiger partial charge in [0.15, 0.2) is 12.4 Å². The molecule has 114 valence electrons. The largest absolute Gasteiger partial charge is 0.484 e. The molecule has 0 saturated heterocycles. The van der Waals surface area contributed by atoms with Crippen molar-refractivity contribution in [2.45, 2.75) is 45.6 Å². The lowest BCUT2D eigenvalue weighted by atomic mass is 9.87. The third-order valence-corrected chi connectivity index (χ3v) is 3.99. The molecule has 4 nitrogen and oxygen atoms in total. The number of hydrogen-bond acceptors (Lipinski definition) is 3. The Bertz CT molecular complexity index is 505. The number of benzene rings is 1. The Morgan fingerprint density at radius 2 is 1.95 bits per heavy atom. The molecule has 0 aromatic heterocycles. The van der Waals surface area contributed by atoms with Crippen LogP contribution >= 0.6 is 0 Å². The van der Waals surface area contributed by atoms with Crippen LogP contribution in [-0.2, 0) is 4.79 Å². The van der Waals surface area contributed by atoms with Crippen molar-refractivity contribution in [3.63, 3.8) is 0 Å². The Morgan fingerprint density at radius 1 is 1.24 bits per heavy atom. The molecule has 1 aromatic carbocycles. The molecule has 1 aliphatic rings. The van der Waals surface area contributed by atoms with Crippen LogP contribution < -0.4 is 10.1 Å². The summed E-state index contributed by atoms with van der Waals surface area (Å²) in [5, 5.41) is 3.02. The maximum atomic E-state index is 11.9. The third kappa shape index (κ3) is 4.88. The second-order valence-corrected chi connectivity index (χ2v) is 5.90. The average Bonchev–Trinajstić information content (AvgIpc) is 2.48. The molecule has 1 aromatic rings. The van der Waals surface area contributed by atoms with Gasteiger partial charge in [0.1, 0.15) is 5.75 Å². The van der Waals surface area contributed by atoms with Gasteiger partial charge in [0.25, 0.3) is 5.91 Å². The molecule has 0 radical (unpaired) electrons. The van der Waals surface area contributed by atoms with Gasteiger partial charge in [0, 0.05) is 11.6 Å². The van der Waals surface area contributed by atoms with Gasteiger partial charge in [-0.1, -0.05) is 19.1 Å². The van der Waals surface area contributed by atoms with Gasteiger partial charge >= 0.3 is 0 Å². The monoisotopic (exact) mass is 289 g/mol. The van der Waals surface area contributed by atoms with Crippen LogP contribution in [0.25, 0.3) is 0 Å². The lowest BCUT2D eigenvalue weighted by Crippen LogP contribution is -2.39. The van der Waals surface area contributed by atoms with E-state index in [4.69, 9.17) is 4.74 Å². The zero-order valence-electron chi connectivity index (χ0n) is 12.7. The van der Waals surface area contributed by atoms with Gasteiger partial charge in [-0.2, -0.15) is 0 Å². The van der Waals surface area contributed by atoms with E-state index >= 15 is 0 Å². The summed E-state index contributed by atoms with van der Waals surface area (Å²) in [5.41, 5.74) is 0.592. The molecule has 1 amide bonds. The van der Waals surface area contributed by atoms with Crippen molar-refractivity contribution in [1.29, 1.82) is 0 Å². The van der Waals surface area contributed by atoms with Gasteiger partial charge in [-0.15, -0.1) is 0 Å². The number of carbonyl (C=O) groups is 2. The highest BCUT2D eigenvalue weighted by Gasteiger charge is 2.19.